The zero-order valence-electron chi connectivity index (χ0n) is 2.46. The summed E-state index contributed by atoms with van der Waals surface area (Å²) in [7, 11) is 0. The van der Waals surface area contributed by atoms with Crippen LogP contribution in [0, 0.1) is 56.3 Å². The largest absolute Gasteiger partial charge is 1.00 e. The quantitative estimate of drug-likeness (QED) is 0.353. The first-order valence-corrected chi connectivity index (χ1v) is 0.707. The van der Waals surface area contributed by atoms with Gasteiger partial charge >= 0.3 is 0 Å². The first-order valence-electron chi connectivity index (χ1n) is 0.707. The molecule has 0 saturated carbocycles. The van der Waals surface area contributed by atoms with Gasteiger partial charge < -0.3 is 30.9 Å². The maximum absolute atomic E-state index is 3.25. The molecule has 1 radical (unpaired) electrons. The van der Waals surface area contributed by atoms with Crippen molar-refractivity contribution < 1.29 is 73.4 Å². The first kappa shape index (κ1) is 16.2. The van der Waals surface area contributed by atoms with Crippen molar-refractivity contribution in [1.29, 1.82) is 0 Å². The van der Waals surface area contributed by atoms with Crippen LogP contribution in [0.25, 0.3) is 0 Å². The van der Waals surface area contributed by atoms with Crippen molar-refractivity contribution in [3.8, 4) is 0 Å². The van der Waals surface area contributed by atoms with Crippen molar-refractivity contribution >= 4 is 0 Å². The third kappa shape index (κ3) is 8.85. The van der Waals surface area contributed by atoms with Crippen molar-refractivity contribution in [3.63, 3.8) is 0 Å². The van der Waals surface area contributed by atoms with Gasteiger partial charge in [0.1, 0.15) is 0 Å². The fourth-order valence-electron chi connectivity index (χ4n) is 0. The summed E-state index contributed by atoms with van der Waals surface area (Å²) in [4.78, 5) is 0. The number of halogens is 1. The average Bonchev–Trinajstić information content (AvgIpc) is 1.00. The summed E-state index contributed by atoms with van der Waals surface area (Å²) in [5, 5.41) is 0. The molecule has 0 aromatic rings. The molecule has 0 nitrogen and oxygen atoms in total. The predicted octanol–water partition coefficient (Wildman–Crippen LogP) is -2.16. The van der Waals surface area contributed by atoms with Gasteiger partial charge in [-0.3, -0.25) is 0 Å². The van der Waals surface area contributed by atoms with Crippen molar-refractivity contribution in [2.75, 3.05) is 0 Å². The molecule has 0 aliphatic rings. The molecule has 2 heteroatoms. The minimum absolute atomic E-state index is 0. The van der Waals surface area contributed by atoms with E-state index in [0.717, 1.165) is 0 Å². The molecule has 0 amide bonds. The maximum atomic E-state index is 3.25. The molecule has 0 rings (SSSR count). The minimum atomic E-state index is 0. The van der Waals surface area contributed by atoms with E-state index in [1.165, 1.54) is 0 Å². The van der Waals surface area contributed by atoms with E-state index in [0.29, 0.717) is 0 Å². The van der Waals surface area contributed by atoms with Gasteiger partial charge in [-0.1, -0.05) is 0 Å². The fraction of sp³-hybridized carbons (Fsp3) is 0.500. The van der Waals surface area contributed by atoms with E-state index in [1.807, 2.05) is 0 Å². The summed E-state index contributed by atoms with van der Waals surface area (Å²) in [5.74, 6) is 0. The summed E-state index contributed by atoms with van der Waals surface area (Å²) >= 11 is 0. The molecular weight excluding hydrogens is 303 g/mol. The molecule has 0 aliphatic heterocycles. The van der Waals surface area contributed by atoms with Gasteiger partial charge in [0.15, 0.2) is 0 Å². The first-order chi connectivity index (χ1) is 1.00. The molecule has 0 bridgehead atoms. The molecule has 0 saturated heterocycles. The number of rotatable bonds is 0. The van der Waals surface area contributed by atoms with E-state index in [2.05, 4.69) is 6.92 Å². The Morgan fingerprint density at radius 3 is 1.25 bits per heavy atom. The second-order valence-electron chi connectivity index (χ2n) is 0. The maximum Gasteiger partial charge on any atom is 0 e. The monoisotopic (exact) mass is 309 g/mol. The molecule has 0 aromatic carbocycles. The van der Waals surface area contributed by atoms with Crippen LogP contribution in [-0.2, 0) is 0 Å². The van der Waals surface area contributed by atoms with Crippen LogP contribution in [0.2, 0.25) is 0 Å². The Bertz CT molecular complexity index is 6.00. The van der Waals surface area contributed by atoms with Crippen molar-refractivity contribution in [1.82, 2.24) is 0 Å². The second kappa shape index (κ2) is 18.5. The van der Waals surface area contributed by atoms with Crippen LogP contribution in [0.4, 0.5) is 0 Å². The van der Waals surface area contributed by atoms with Crippen LogP contribution in [0.3, 0.4) is 0 Å². The van der Waals surface area contributed by atoms with Crippen LogP contribution in [0.1, 0.15) is 6.92 Å². The Kier molecular flexibility index (Phi) is 75.0. The third-order valence-corrected chi connectivity index (χ3v) is 0. The van der Waals surface area contributed by atoms with Gasteiger partial charge in [0.2, 0.25) is 0 Å². The van der Waals surface area contributed by atoms with Gasteiger partial charge in [-0.25, -0.2) is 0 Å². The minimum Gasteiger partial charge on any atom is -1.00 e. The smallest absolute Gasteiger partial charge is 0 e. The SMILES string of the molecule is [CH2-]C.[Eu].[I-]. The fourth-order valence-corrected chi connectivity index (χ4v) is 0. The Balaban J connectivity index is -0.00000000500. The topological polar surface area (TPSA) is 0 Å². The van der Waals surface area contributed by atoms with E-state index in [-0.39, 0.29) is 73.4 Å². The summed E-state index contributed by atoms with van der Waals surface area (Å²) in [6.07, 6.45) is 0. The molecular formula is C2H5EuI-2. The number of hydrogen-bond acceptors (Lipinski definition) is 0. The molecule has 0 N–H and O–H groups in total. The third-order valence-electron chi connectivity index (χ3n) is 0. The predicted molar refractivity (Wildman–Crippen MR) is 11.0 cm³/mol. The van der Waals surface area contributed by atoms with Crippen LogP contribution in [0.15, 0.2) is 0 Å². The molecule has 0 atom stereocenters. The van der Waals surface area contributed by atoms with Crippen molar-refractivity contribution in [2.24, 2.45) is 0 Å². The standard InChI is InChI=1S/C2H5.Eu.HI/c1-2;;/h1H2,2H3;;1H/q-1;;/p-1. The van der Waals surface area contributed by atoms with Gasteiger partial charge in [0, 0.05) is 49.4 Å². The van der Waals surface area contributed by atoms with Gasteiger partial charge in [-0.05, 0) is 0 Å². The number of hydrogen-bond donors (Lipinski definition) is 0. The molecule has 0 heterocycles. The molecule has 0 unspecified atom stereocenters. The molecule has 0 fully saturated rings. The Labute approximate surface area is 85.3 Å². The van der Waals surface area contributed by atoms with E-state index >= 15 is 0 Å². The Morgan fingerprint density at radius 2 is 1.25 bits per heavy atom. The van der Waals surface area contributed by atoms with E-state index in [9.17, 15) is 0 Å². The molecule has 4 heavy (non-hydrogen) atoms. The molecule has 0 aliphatic carbocycles. The molecule has 0 aromatic heterocycles. The van der Waals surface area contributed by atoms with Gasteiger partial charge in [0.25, 0.3) is 0 Å². The molecule has 29 valence electrons. The van der Waals surface area contributed by atoms with Gasteiger partial charge in [-0.2, -0.15) is 6.92 Å². The van der Waals surface area contributed by atoms with E-state index in [4.69, 9.17) is 0 Å². The normalized spacial score (nSPS) is 1.50. The van der Waals surface area contributed by atoms with Crippen molar-refractivity contribution in [2.45, 2.75) is 6.92 Å². The Morgan fingerprint density at radius 1 is 1.25 bits per heavy atom. The zero-order chi connectivity index (χ0) is 2.00. The summed E-state index contributed by atoms with van der Waals surface area (Å²) in [6, 6.07) is 0. The van der Waals surface area contributed by atoms with Crippen molar-refractivity contribution in [3.05, 3.63) is 6.92 Å². The van der Waals surface area contributed by atoms with Gasteiger partial charge in [-0.15, -0.1) is 0 Å². The summed E-state index contributed by atoms with van der Waals surface area (Å²) in [5.41, 5.74) is 0. The summed E-state index contributed by atoms with van der Waals surface area (Å²) < 4.78 is 0. The molecule has 0 spiro atoms. The van der Waals surface area contributed by atoms with E-state index in [1.54, 1.807) is 6.92 Å². The average molecular weight is 308 g/mol. The van der Waals surface area contributed by atoms with Gasteiger partial charge in [0.05, 0.1) is 0 Å². The zero-order valence-corrected chi connectivity index (χ0v) is 7.05. The second-order valence-corrected chi connectivity index (χ2v) is 0. The van der Waals surface area contributed by atoms with Crippen LogP contribution < -0.4 is 24.0 Å². The van der Waals surface area contributed by atoms with Crippen LogP contribution >= 0.6 is 0 Å². The Hall–Kier alpha value is 2.31. The van der Waals surface area contributed by atoms with Crippen LogP contribution in [-0.4, -0.2) is 0 Å². The van der Waals surface area contributed by atoms with E-state index < -0.39 is 0 Å². The van der Waals surface area contributed by atoms with Crippen LogP contribution in [0.5, 0.6) is 0 Å². The summed E-state index contributed by atoms with van der Waals surface area (Å²) in [6.45, 7) is 5.00.